The van der Waals surface area contributed by atoms with E-state index >= 15 is 0 Å². The standard InChI is InChI=1S/C7H7ClO3/c8-6(10)7(11)4-2-1-3-5(7)9/h1-5,9,11H. The van der Waals surface area contributed by atoms with E-state index in [4.69, 9.17) is 16.7 Å². The normalized spacial score (nSPS) is 35.7. The first-order valence-electron chi connectivity index (χ1n) is 3.04. The van der Waals surface area contributed by atoms with Gasteiger partial charge in [-0.25, -0.2) is 0 Å². The zero-order valence-corrected chi connectivity index (χ0v) is 6.32. The van der Waals surface area contributed by atoms with Gasteiger partial charge in [-0.3, -0.25) is 4.79 Å². The molecule has 2 unspecified atom stereocenters. The van der Waals surface area contributed by atoms with Crippen molar-refractivity contribution in [2.75, 3.05) is 0 Å². The molecule has 0 saturated carbocycles. The summed E-state index contributed by atoms with van der Waals surface area (Å²) in [4.78, 5) is 10.6. The van der Waals surface area contributed by atoms with Crippen LogP contribution in [0.4, 0.5) is 0 Å². The fraction of sp³-hybridized carbons (Fsp3) is 0.286. The SMILES string of the molecule is O=C(Cl)C1(O)C=CC=CC1O. The molecule has 4 heteroatoms. The minimum absolute atomic E-state index is 0.981. The van der Waals surface area contributed by atoms with Gasteiger partial charge < -0.3 is 10.2 Å². The van der Waals surface area contributed by atoms with Crippen LogP contribution in [0.2, 0.25) is 0 Å². The summed E-state index contributed by atoms with van der Waals surface area (Å²) in [5, 5.41) is 17.5. The summed E-state index contributed by atoms with van der Waals surface area (Å²) < 4.78 is 0. The Hall–Kier alpha value is -0.640. The van der Waals surface area contributed by atoms with E-state index in [2.05, 4.69) is 0 Å². The second kappa shape index (κ2) is 2.77. The molecule has 1 rings (SSSR count). The number of hydrogen-bond acceptors (Lipinski definition) is 3. The van der Waals surface area contributed by atoms with Crippen LogP contribution in [0.15, 0.2) is 24.3 Å². The zero-order valence-electron chi connectivity index (χ0n) is 5.57. The minimum atomic E-state index is -1.95. The lowest BCUT2D eigenvalue weighted by molar-refractivity contribution is -0.131. The van der Waals surface area contributed by atoms with Crippen molar-refractivity contribution in [2.45, 2.75) is 11.7 Å². The molecule has 0 bridgehead atoms. The third-order valence-corrected chi connectivity index (χ3v) is 1.82. The number of allylic oxidation sites excluding steroid dienone is 2. The maximum absolute atomic E-state index is 10.6. The van der Waals surface area contributed by atoms with Gasteiger partial charge in [0.2, 0.25) is 0 Å². The van der Waals surface area contributed by atoms with E-state index in [1.165, 1.54) is 18.2 Å². The van der Waals surface area contributed by atoms with Crippen molar-refractivity contribution in [1.29, 1.82) is 0 Å². The Bertz CT molecular complexity index is 234. The van der Waals surface area contributed by atoms with Gasteiger partial charge >= 0.3 is 0 Å². The average molecular weight is 175 g/mol. The molecule has 0 fully saturated rings. The van der Waals surface area contributed by atoms with Crippen molar-refractivity contribution in [2.24, 2.45) is 0 Å². The first kappa shape index (κ1) is 8.46. The third-order valence-electron chi connectivity index (χ3n) is 1.52. The Morgan fingerprint density at radius 2 is 2.18 bits per heavy atom. The van der Waals surface area contributed by atoms with E-state index in [0.29, 0.717) is 0 Å². The molecule has 2 N–H and O–H groups in total. The number of carbonyl (C=O) groups is 1. The molecule has 11 heavy (non-hydrogen) atoms. The van der Waals surface area contributed by atoms with Gasteiger partial charge in [0.15, 0.2) is 5.60 Å². The summed E-state index contributed by atoms with van der Waals surface area (Å²) in [5.74, 6) is 0. The molecule has 3 nitrogen and oxygen atoms in total. The van der Waals surface area contributed by atoms with Gasteiger partial charge in [0.1, 0.15) is 6.10 Å². The second-order valence-electron chi connectivity index (χ2n) is 2.29. The maximum Gasteiger partial charge on any atom is 0.260 e. The lowest BCUT2D eigenvalue weighted by Gasteiger charge is -2.25. The highest BCUT2D eigenvalue weighted by atomic mass is 35.5. The third kappa shape index (κ3) is 1.35. The molecule has 0 aromatic carbocycles. The van der Waals surface area contributed by atoms with Crippen molar-refractivity contribution in [3.8, 4) is 0 Å². The maximum atomic E-state index is 10.6. The first-order chi connectivity index (χ1) is 5.07. The smallest absolute Gasteiger partial charge is 0.260 e. The molecule has 0 aliphatic heterocycles. The molecule has 2 atom stereocenters. The molecule has 0 aromatic heterocycles. The van der Waals surface area contributed by atoms with Crippen molar-refractivity contribution >= 4 is 16.8 Å². The van der Waals surface area contributed by atoms with E-state index < -0.39 is 16.9 Å². The Kier molecular flexibility index (Phi) is 2.13. The largest absolute Gasteiger partial charge is 0.385 e. The van der Waals surface area contributed by atoms with E-state index in [1.807, 2.05) is 0 Å². The van der Waals surface area contributed by atoms with Gasteiger partial charge in [-0.15, -0.1) is 0 Å². The summed E-state index contributed by atoms with van der Waals surface area (Å²) in [7, 11) is 0. The van der Waals surface area contributed by atoms with Gasteiger partial charge in [0.25, 0.3) is 5.24 Å². The average Bonchev–Trinajstić information content (AvgIpc) is 1.95. The molecule has 60 valence electrons. The number of aliphatic hydroxyl groups is 2. The summed E-state index contributed by atoms with van der Waals surface area (Å²) in [6, 6.07) is 0. The predicted molar refractivity (Wildman–Crippen MR) is 40.1 cm³/mol. The molecule has 1 aliphatic rings. The highest BCUT2D eigenvalue weighted by Crippen LogP contribution is 2.20. The van der Waals surface area contributed by atoms with Gasteiger partial charge in [0.05, 0.1) is 0 Å². The fourth-order valence-corrected chi connectivity index (χ4v) is 0.974. The second-order valence-corrected chi connectivity index (χ2v) is 2.63. The molecule has 1 aliphatic carbocycles. The Morgan fingerprint density at radius 1 is 1.55 bits per heavy atom. The van der Waals surface area contributed by atoms with Crippen LogP contribution >= 0.6 is 11.6 Å². The van der Waals surface area contributed by atoms with Crippen molar-refractivity contribution in [3.63, 3.8) is 0 Å². The molecule has 0 amide bonds. The van der Waals surface area contributed by atoms with Crippen LogP contribution in [0.5, 0.6) is 0 Å². The Balaban J connectivity index is 2.94. The Labute approximate surface area is 68.6 Å². The molecule has 0 radical (unpaired) electrons. The summed E-state index contributed by atoms with van der Waals surface area (Å²) in [6.07, 6.45) is 4.18. The lowest BCUT2D eigenvalue weighted by Crippen LogP contribution is -2.45. The van der Waals surface area contributed by atoms with Crippen LogP contribution in [-0.4, -0.2) is 27.2 Å². The van der Waals surface area contributed by atoms with Gasteiger partial charge in [-0.05, 0) is 17.7 Å². The van der Waals surface area contributed by atoms with Gasteiger partial charge in [-0.1, -0.05) is 18.2 Å². The van der Waals surface area contributed by atoms with Crippen LogP contribution in [0, 0.1) is 0 Å². The van der Waals surface area contributed by atoms with E-state index in [9.17, 15) is 9.90 Å². The quantitative estimate of drug-likeness (QED) is 0.549. The lowest BCUT2D eigenvalue weighted by atomic mass is 9.94. The molecular weight excluding hydrogens is 168 g/mol. The van der Waals surface area contributed by atoms with Crippen molar-refractivity contribution in [1.82, 2.24) is 0 Å². The van der Waals surface area contributed by atoms with Crippen LogP contribution in [0.1, 0.15) is 0 Å². The first-order valence-corrected chi connectivity index (χ1v) is 3.41. The van der Waals surface area contributed by atoms with E-state index in [1.54, 1.807) is 0 Å². The number of carbonyl (C=O) groups excluding carboxylic acids is 1. The predicted octanol–water partition coefficient (Wildman–Crippen LogP) is -0.0302. The van der Waals surface area contributed by atoms with Crippen molar-refractivity contribution < 1.29 is 15.0 Å². The summed E-state index contributed by atoms with van der Waals surface area (Å²) in [6.45, 7) is 0. The molecular formula is C7H7ClO3. The van der Waals surface area contributed by atoms with Crippen LogP contribution in [0.3, 0.4) is 0 Å². The topological polar surface area (TPSA) is 57.5 Å². The fourth-order valence-electron chi connectivity index (χ4n) is 0.799. The Morgan fingerprint density at radius 3 is 2.55 bits per heavy atom. The number of hydrogen-bond donors (Lipinski definition) is 2. The summed E-state index contributed by atoms with van der Waals surface area (Å²) in [5.41, 5.74) is -1.95. The highest BCUT2D eigenvalue weighted by molar-refractivity contribution is 6.65. The number of halogens is 1. The number of aliphatic hydroxyl groups excluding tert-OH is 1. The van der Waals surface area contributed by atoms with Gasteiger partial charge in [-0.2, -0.15) is 0 Å². The molecule has 0 saturated heterocycles. The highest BCUT2D eigenvalue weighted by Gasteiger charge is 2.39. The van der Waals surface area contributed by atoms with Crippen LogP contribution in [0.25, 0.3) is 0 Å². The van der Waals surface area contributed by atoms with Crippen LogP contribution in [-0.2, 0) is 4.79 Å². The zero-order chi connectivity index (χ0) is 8.48. The molecule has 0 heterocycles. The molecule has 0 spiro atoms. The van der Waals surface area contributed by atoms with Crippen LogP contribution < -0.4 is 0 Å². The monoisotopic (exact) mass is 174 g/mol. The minimum Gasteiger partial charge on any atom is -0.385 e. The van der Waals surface area contributed by atoms with Gasteiger partial charge in [0, 0.05) is 0 Å². The van der Waals surface area contributed by atoms with E-state index in [0.717, 1.165) is 6.08 Å². The van der Waals surface area contributed by atoms with E-state index in [-0.39, 0.29) is 0 Å². The molecule has 0 aromatic rings. The van der Waals surface area contributed by atoms with Crippen molar-refractivity contribution in [3.05, 3.63) is 24.3 Å². The summed E-state index contributed by atoms with van der Waals surface area (Å²) >= 11 is 5.06. The number of rotatable bonds is 1.